The van der Waals surface area contributed by atoms with E-state index in [0.717, 1.165) is 36.8 Å². The number of halogens is 4. The van der Waals surface area contributed by atoms with Gasteiger partial charge in [-0.15, -0.1) is 0 Å². The molecule has 0 bridgehead atoms. The summed E-state index contributed by atoms with van der Waals surface area (Å²) in [6, 6.07) is 2.79. The molecule has 2 unspecified atom stereocenters. The van der Waals surface area contributed by atoms with Crippen molar-refractivity contribution in [1.29, 1.82) is 0 Å². The van der Waals surface area contributed by atoms with E-state index in [0.29, 0.717) is 0 Å². The minimum atomic E-state index is -4.23. The molecule has 2 aromatic rings. The van der Waals surface area contributed by atoms with E-state index in [4.69, 9.17) is 4.74 Å². The third-order valence-corrected chi connectivity index (χ3v) is 4.90. The lowest BCUT2D eigenvalue weighted by Gasteiger charge is -2.16. The molecule has 2 atom stereocenters. The van der Waals surface area contributed by atoms with Crippen molar-refractivity contribution in [3.63, 3.8) is 0 Å². The van der Waals surface area contributed by atoms with Crippen molar-refractivity contribution in [2.24, 2.45) is 0 Å². The molecule has 1 heterocycles. The van der Waals surface area contributed by atoms with Crippen molar-refractivity contribution in [1.82, 2.24) is 4.98 Å². The Labute approximate surface area is 139 Å². The molecule has 1 aliphatic carbocycles. The topological polar surface area (TPSA) is 76.5 Å². The second-order valence-corrected chi connectivity index (χ2v) is 7.53. The standard InChI is InChI=1S/C15H11F4NO4S/c1-25(22,23)10-3-2-9(24-8-4-7(16)5-20-6-8)11-12(10)14(21)15(18,19)13(11)17/h2-6,13-14,21H,1H3. The van der Waals surface area contributed by atoms with Crippen molar-refractivity contribution < 1.29 is 35.8 Å². The monoisotopic (exact) mass is 377 g/mol. The summed E-state index contributed by atoms with van der Waals surface area (Å²) in [5.41, 5.74) is -1.55. The molecule has 3 rings (SSSR count). The zero-order valence-corrected chi connectivity index (χ0v) is 13.4. The summed E-state index contributed by atoms with van der Waals surface area (Å²) in [5.74, 6) is -5.67. The molecule has 1 aromatic carbocycles. The Morgan fingerprint density at radius 1 is 1.24 bits per heavy atom. The third kappa shape index (κ3) is 2.85. The maximum Gasteiger partial charge on any atom is 0.312 e. The van der Waals surface area contributed by atoms with Crippen molar-refractivity contribution >= 4 is 9.84 Å². The highest BCUT2D eigenvalue weighted by molar-refractivity contribution is 7.90. The minimum absolute atomic E-state index is 0.203. The molecule has 0 amide bonds. The molecule has 0 spiro atoms. The number of pyridine rings is 1. The van der Waals surface area contributed by atoms with Gasteiger partial charge in [-0.2, -0.15) is 8.78 Å². The number of benzene rings is 1. The number of ether oxygens (including phenoxy) is 1. The average molecular weight is 377 g/mol. The highest BCUT2D eigenvalue weighted by Crippen LogP contribution is 2.57. The highest BCUT2D eigenvalue weighted by atomic mass is 32.2. The number of aliphatic hydroxyl groups is 1. The fourth-order valence-corrected chi connectivity index (χ4v) is 3.59. The smallest absolute Gasteiger partial charge is 0.312 e. The number of hydrogen-bond donors (Lipinski definition) is 1. The first-order valence-corrected chi connectivity index (χ1v) is 8.78. The van der Waals surface area contributed by atoms with Crippen LogP contribution in [0.1, 0.15) is 23.4 Å². The van der Waals surface area contributed by atoms with Crippen LogP contribution in [0.4, 0.5) is 17.6 Å². The van der Waals surface area contributed by atoms with Crippen LogP contribution in [-0.2, 0) is 9.84 Å². The van der Waals surface area contributed by atoms with Crippen molar-refractivity contribution in [2.75, 3.05) is 6.26 Å². The van der Waals surface area contributed by atoms with Crippen LogP contribution in [0.3, 0.4) is 0 Å². The molecule has 25 heavy (non-hydrogen) atoms. The molecular weight excluding hydrogens is 366 g/mol. The van der Waals surface area contributed by atoms with Gasteiger partial charge in [-0.25, -0.2) is 17.2 Å². The largest absolute Gasteiger partial charge is 0.455 e. The summed E-state index contributed by atoms with van der Waals surface area (Å²) in [6.45, 7) is 0. The van der Waals surface area contributed by atoms with E-state index in [2.05, 4.69) is 4.98 Å². The van der Waals surface area contributed by atoms with E-state index in [1.165, 1.54) is 0 Å². The maximum atomic E-state index is 14.3. The summed E-state index contributed by atoms with van der Waals surface area (Å²) in [6.07, 6.45) is -2.96. The van der Waals surface area contributed by atoms with E-state index >= 15 is 0 Å². The molecule has 0 saturated carbocycles. The molecule has 0 fully saturated rings. The van der Waals surface area contributed by atoms with Crippen LogP contribution in [0, 0.1) is 5.82 Å². The predicted octanol–water partition coefficient (Wildman–Crippen LogP) is 3.11. The fourth-order valence-electron chi connectivity index (χ4n) is 2.65. The fraction of sp³-hybridized carbons (Fsp3) is 0.267. The van der Waals surface area contributed by atoms with Crippen molar-refractivity contribution in [2.45, 2.75) is 23.1 Å². The number of rotatable bonds is 3. The molecular formula is C15H11F4NO4S. The van der Waals surface area contributed by atoms with Gasteiger partial charge in [0.2, 0.25) is 0 Å². The molecule has 1 aromatic heterocycles. The van der Waals surface area contributed by atoms with Gasteiger partial charge in [-0.1, -0.05) is 0 Å². The van der Waals surface area contributed by atoms with E-state index in [9.17, 15) is 31.1 Å². The van der Waals surface area contributed by atoms with Crippen LogP contribution in [-0.4, -0.2) is 30.7 Å². The van der Waals surface area contributed by atoms with Gasteiger partial charge in [0.05, 0.1) is 17.3 Å². The number of sulfone groups is 1. The first-order valence-electron chi connectivity index (χ1n) is 6.88. The lowest BCUT2D eigenvalue weighted by molar-refractivity contribution is -0.143. The zero-order chi connectivity index (χ0) is 18.6. The predicted molar refractivity (Wildman–Crippen MR) is 77.6 cm³/mol. The molecule has 0 aliphatic heterocycles. The van der Waals surface area contributed by atoms with E-state index in [1.807, 2.05) is 0 Å². The molecule has 0 saturated heterocycles. The number of aliphatic hydroxyl groups excluding tert-OH is 1. The van der Waals surface area contributed by atoms with Crippen LogP contribution in [0.2, 0.25) is 0 Å². The summed E-state index contributed by atoms with van der Waals surface area (Å²) < 4.78 is 84.1. The quantitative estimate of drug-likeness (QED) is 0.832. The first kappa shape index (κ1) is 17.6. The Bertz CT molecular complexity index is 949. The zero-order valence-electron chi connectivity index (χ0n) is 12.6. The lowest BCUT2D eigenvalue weighted by atomic mass is 10.1. The Morgan fingerprint density at radius 3 is 2.52 bits per heavy atom. The summed E-state index contributed by atoms with van der Waals surface area (Å²) in [7, 11) is -4.02. The van der Waals surface area contributed by atoms with Gasteiger partial charge in [0.1, 0.15) is 23.4 Å². The Hall–Kier alpha value is -2.20. The Morgan fingerprint density at radius 2 is 1.92 bits per heavy atom. The number of hydrogen-bond acceptors (Lipinski definition) is 5. The van der Waals surface area contributed by atoms with Crippen molar-refractivity contribution in [3.05, 3.63) is 47.5 Å². The molecule has 1 aliphatic rings. The van der Waals surface area contributed by atoms with Gasteiger partial charge in [0.15, 0.2) is 16.0 Å². The number of fused-ring (bicyclic) bond motifs is 1. The third-order valence-electron chi connectivity index (χ3n) is 3.74. The number of alkyl halides is 3. The average Bonchev–Trinajstić information content (AvgIpc) is 2.68. The second-order valence-electron chi connectivity index (χ2n) is 5.54. The van der Waals surface area contributed by atoms with Gasteiger partial charge in [0, 0.05) is 23.4 Å². The lowest BCUT2D eigenvalue weighted by Crippen LogP contribution is -2.24. The van der Waals surface area contributed by atoms with E-state index in [1.54, 1.807) is 0 Å². The summed E-state index contributed by atoms with van der Waals surface area (Å²) in [5, 5.41) is 9.78. The van der Waals surface area contributed by atoms with Gasteiger partial charge in [-0.05, 0) is 12.1 Å². The van der Waals surface area contributed by atoms with E-state index < -0.39 is 55.6 Å². The minimum Gasteiger partial charge on any atom is -0.455 e. The number of aromatic nitrogens is 1. The van der Waals surface area contributed by atoms with Gasteiger partial charge in [-0.3, -0.25) is 4.98 Å². The second kappa shape index (κ2) is 5.67. The summed E-state index contributed by atoms with van der Waals surface area (Å²) >= 11 is 0. The Balaban J connectivity index is 2.21. The Kier molecular flexibility index (Phi) is 3.99. The van der Waals surface area contributed by atoms with Crippen LogP contribution in [0.25, 0.3) is 0 Å². The van der Waals surface area contributed by atoms with Gasteiger partial charge >= 0.3 is 5.92 Å². The van der Waals surface area contributed by atoms with Crippen molar-refractivity contribution in [3.8, 4) is 11.5 Å². The van der Waals surface area contributed by atoms with Crippen LogP contribution >= 0.6 is 0 Å². The maximum absolute atomic E-state index is 14.3. The number of nitrogens with zero attached hydrogens (tertiary/aromatic N) is 1. The van der Waals surface area contributed by atoms with Crippen LogP contribution in [0.15, 0.2) is 35.5 Å². The normalized spacial score (nSPS) is 21.8. The first-order chi connectivity index (χ1) is 11.5. The van der Waals surface area contributed by atoms with Gasteiger partial charge in [0.25, 0.3) is 0 Å². The molecule has 0 radical (unpaired) electrons. The molecule has 10 heteroatoms. The molecule has 134 valence electrons. The molecule has 5 nitrogen and oxygen atoms in total. The highest BCUT2D eigenvalue weighted by Gasteiger charge is 2.58. The molecule has 1 N–H and O–H groups in total. The summed E-state index contributed by atoms with van der Waals surface area (Å²) in [4.78, 5) is 2.88. The van der Waals surface area contributed by atoms with Gasteiger partial charge < -0.3 is 9.84 Å². The van der Waals surface area contributed by atoms with Crippen LogP contribution < -0.4 is 4.74 Å². The SMILES string of the molecule is CS(=O)(=O)c1ccc(Oc2cncc(F)c2)c2c1C(O)C(F)(F)C2F. The van der Waals surface area contributed by atoms with E-state index in [-0.39, 0.29) is 5.75 Å². The van der Waals surface area contributed by atoms with Crippen LogP contribution in [0.5, 0.6) is 11.5 Å².